The van der Waals surface area contributed by atoms with E-state index in [0.717, 1.165) is 24.9 Å². The Hall–Kier alpha value is -1.99. The molecule has 4 atom stereocenters. The van der Waals surface area contributed by atoms with Crippen molar-refractivity contribution in [3.63, 3.8) is 0 Å². The van der Waals surface area contributed by atoms with Gasteiger partial charge in [0.05, 0.1) is 18.2 Å². The normalized spacial score (nSPS) is 31.8. The van der Waals surface area contributed by atoms with Gasteiger partial charge in [-0.1, -0.05) is 12.1 Å². The van der Waals surface area contributed by atoms with E-state index in [4.69, 9.17) is 9.84 Å². The average molecular weight is 376 g/mol. The monoisotopic (exact) mass is 376 g/mol. The number of likely N-dealkylation sites (tertiary alicyclic amines) is 1. The van der Waals surface area contributed by atoms with Gasteiger partial charge >= 0.3 is 5.97 Å². The SMILES string of the molecule is O=C(O)CN1C[C@@H]2[C@H](CNC(=O)CCc3ccc(F)cc3)[C@H]3CC[C@]2(C1)O3. The fraction of sp³-hybridized carbons (Fsp3) is 0.600. The summed E-state index contributed by atoms with van der Waals surface area (Å²) in [4.78, 5) is 25.2. The van der Waals surface area contributed by atoms with Gasteiger partial charge in [-0.2, -0.15) is 0 Å². The van der Waals surface area contributed by atoms with E-state index in [1.807, 2.05) is 4.90 Å². The molecule has 7 heteroatoms. The van der Waals surface area contributed by atoms with Gasteiger partial charge in [-0.05, 0) is 37.0 Å². The van der Waals surface area contributed by atoms with E-state index >= 15 is 0 Å². The van der Waals surface area contributed by atoms with Gasteiger partial charge in [-0.3, -0.25) is 14.5 Å². The minimum atomic E-state index is -0.813. The van der Waals surface area contributed by atoms with Crippen LogP contribution in [0, 0.1) is 17.7 Å². The second-order valence-electron chi connectivity index (χ2n) is 8.02. The Kier molecular flexibility index (Phi) is 4.90. The highest BCUT2D eigenvalue weighted by atomic mass is 19.1. The minimum absolute atomic E-state index is 0.0171. The van der Waals surface area contributed by atoms with Crippen molar-refractivity contribution in [2.75, 3.05) is 26.2 Å². The van der Waals surface area contributed by atoms with Gasteiger partial charge in [0, 0.05) is 37.9 Å². The zero-order valence-corrected chi connectivity index (χ0v) is 15.2. The molecule has 0 unspecified atom stereocenters. The second-order valence-corrected chi connectivity index (χ2v) is 8.02. The lowest BCUT2D eigenvalue weighted by Crippen LogP contribution is -2.41. The first-order valence-corrected chi connectivity index (χ1v) is 9.58. The summed E-state index contributed by atoms with van der Waals surface area (Å²) in [6.45, 7) is 2.01. The molecule has 3 saturated heterocycles. The number of carboxylic acids is 1. The van der Waals surface area contributed by atoms with E-state index in [9.17, 15) is 14.0 Å². The first kappa shape index (κ1) is 18.4. The summed E-state index contributed by atoms with van der Waals surface area (Å²) in [6, 6.07) is 6.21. The number of carbonyl (C=O) groups is 2. The summed E-state index contributed by atoms with van der Waals surface area (Å²) in [6.07, 6.45) is 3.07. The van der Waals surface area contributed by atoms with Crippen molar-refractivity contribution in [2.45, 2.75) is 37.4 Å². The van der Waals surface area contributed by atoms with Gasteiger partial charge in [0.2, 0.25) is 5.91 Å². The minimum Gasteiger partial charge on any atom is -0.480 e. The van der Waals surface area contributed by atoms with Crippen molar-refractivity contribution < 1.29 is 23.8 Å². The third kappa shape index (κ3) is 3.71. The van der Waals surface area contributed by atoms with E-state index in [1.165, 1.54) is 12.1 Å². The molecule has 0 aliphatic carbocycles. The van der Waals surface area contributed by atoms with Gasteiger partial charge in [0.25, 0.3) is 0 Å². The number of amides is 1. The van der Waals surface area contributed by atoms with Crippen LogP contribution < -0.4 is 5.32 Å². The second kappa shape index (κ2) is 7.20. The number of carbonyl (C=O) groups excluding carboxylic acids is 1. The van der Waals surface area contributed by atoms with E-state index in [1.54, 1.807) is 12.1 Å². The molecule has 6 nitrogen and oxygen atoms in total. The zero-order chi connectivity index (χ0) is 19.0. The number of hydrogen-bond acceptors (Lipinski definition) is 4. The Morgan fingerprint density at radius 1 is 1.33 bits per heavy atom. The van der Waals surface area contributed by atoms with Crippen molar-refractivity contribution >= 4 is 11.9 Å². The van der Waals surface area contributed by atoms with Crippen LogP contribution in [-0.4, -0.2) is 59.8 Å². The Morgan fingerprint density at radius 2 is 2.11 bits per heavy atom. The molecule has 0 aromatic heterocycles. The van der Waals surface area contributed by atoms with E-state index in [0.29, 0.717) is 25.9 Å². The Morgan fingerprint density at radius 3 is 2.85 bits per heavy atom. The number of ether oxygens (including phenoxy) is 1. The molecule has 2 bridgehead atoms. The summed E-state index contributed by atoms with van der Waals surface area (Å²) in [5, 5.41) is 12.1. The van der Waals surface area contributed by atoms with Crippen molar-refractivity contribution in [3.8, 4) is 0 Å². The predicted octanol–water partition coefficient (Wildman–Crippen LogP) is 1.44. The Labute approximate surface area is 157 Å². The maximum absolute atomic E-state index is 12.9. The van der Waals surface area contributed by atoms with Gasteiger partial charge in [-0.15, -0.1) is 0 Å². The third-order valence-corrected chi connectivity index (χ3v) is 6.30. The summed E-state index contributed by atoms with van der Waals surface area (Å²) in [5.41, 5.74) is 0.720. The van der Waals surface area contributed by atoms with Gasteiger partial charge < -0.3 is 15.2 Å². The molecule has 0 saturated carbocycles. The Bertz CT molecular complexity index is 725. The van der Waals surface area contributed by atoms with Crippen LogP contribution >= 0.6 is 0 Å². The number of halogens is 1. The van der Waals surface area contributed by atoms with Crippen molar-refractivity contribution in [1.29, 1.82) is 0 Å². The number of aliphatic carboxylic acids is 1. The number of aryl methyl sites for hydroxylation is 1. The molecule has 2 N–H and O–H groups in total. The summed E-state index contributed by atoms with van der Waals surface area (Å²) < 4.78 is 19.2. The highest BCUT2D eigenvalue weighted by Crippen LogP contribution is 2.54. The van der Waals surface area contributed by atoms with Crippen molar-refractivity contribution in [2.24, 2.45) is 11.8 Å². The molecule has 1 aromatic carbocycles. The van der Waals surface area contributed by atoms with Crippen molar-refractivity contribution in [3.05, 3.63) is 35.6 Å². The standard InChI is InChI=1S/C20H25FN2O4/c21-14-4-1-13(2-5-14)3-6-18(24)22-9-15-16-10-23(11-19(25)26)12-20(16)8-7-17(15)27-20/h1-2,4-5,15-17H,3,6-12H2,(H,22,24)(H,25,26)/t15-,16+,17+,20+/m0/s1. The van der Waals surface area contributed by atoms with Crippen LogP contribution in [-0.2, 0) is 20.7 Å². The topological polar surface area (TPSA) is 78.9 Å². The smallest absolute Gasteiger partial charge is 0.317 e. The summed E-state index contributed by atoms with van der Waals surface area (Å²) >= 11 is 0. The number of carboxylic acid groups (broad SMARTS) is 1. The molecule has 0 radical (unpaired) electrons. The largest absolute Gasteiger partial charge is 0.480 e. The molecule has 1 aromatic rings. The highest BCUT2D eigenvalue weighted by Gasteiger charge is 2.62. The lowest BCUT2D eigenvalue weighted by atomic mass is 9.73. The molecular weight excluding hydrogens is 351 g/mol. The molecule has 146 valence electrons. The number of nitrogens with one attached hydrogen (secondary N) is 1. The van der Waals surface area contributed by atoms with E-state index in [2.05, 4.69) is 5.32 Å². The van der Waals surface area contributed by atoms with Crippen LogP contribution in [0.25, 0.3) is 0 Å². The number of benzene rings is 1. The first-order chi connectivity index (χ1) is 12.9. The van der Waals surface area contributed by atoms with Gasteiger partial charge in [-0.25, -0.2) is 4.39 Å². The predicted molar refractivity (Wildman–Crippen MR) is 95.6 cm³/mol. The quantitative estimate of drug-likeness (QED) is 0.753. The van der Waals surface area contributed by atoms with E-state index < -0.39 is 5.97 Å². The number of nitrogens with zero attached hydrogens (tertiary/aromatic N) is 1. The number of rotatable bonds is 7. The van der Waals surface area contributed by atoms with Crippen LogP contribution in [0.15, 0.2) is 24.3 Å². The maximum Gasteiger partial charge on any atom is 0.317 e. The van der Waals surface area contributed by atoms with Crippen LogP contribution in [0.4, 0.5) is 4.39 Å². The molecule has 1 spiro atoms. The molecule has 1 amide bonds. The summed E-state index contributed by atoms with van der Waals surface area (Å²) in [5.74, 6) is -0.578. The van der Waals surface area contributed by atoms with Gasteiger partial charge in [0.1, 0.15) is 5.82 Å². The fourth-order valence-electron chi connectivity index (χ4n) is 5.10. The molecule has 3 aliphatic rings. The lowest BCUT2D eigenvalue weighted by Gasteiger charge is -2.29. The average Bonchev–Trinajstić information content (AvgIpc) is 3.26. The van der Waals surface area contributed by atoms with Gasteiger partial charge in [0.15, 0.2) is 0 Å². The molecule has 4 rings (SSSR count). The van der Waals surface area contributed by atoms with E-state index in [-0.39, 0.29) is 41.8 Å². The maximum atomic E-state index is 12.9. The first-order valence-electron chi connectivity index (χ1n) is 9.58. The van der Waals surface area contributed by atoms with Crippen LogP contribution in [0.5, 0.6) is 0 Å². The molecular formula is C20H25FN2O4. The Balaban J connectivity index is 1.29. The third-order valence-electron chi connectivity index (χ3n) is 6.30. The summed E-state index contributed by atoms with van der Waals surface area (Å²) in [7, 11) is 0. The van der Waals surface area contributed by atoms with Crippen LogP contribution in [0.3, 0.4) is 0 Å². The van der Waals surface area contributed by atoms with Crippen LogP contribution in [0.1, 0.15) is 24.8 Å². The highest BCUT2D eigenvalue weighted by molar-refractivity contribution is 5.76. The molecule has 3 heterocycles. The molecule has 27 heavy (non-hydrogen) atoms. The zero-order valence-electron chi connectivity index (χ0n) is 15.2. The fourth-order valence-corrected chi connectivity index (χ4v) is 5.10. The molecule has 3 fully saturated rings. The number of hydrogen-bond donors (Lipinski definition) is 2. The molecule has 3 aliphatic heterocycles. The number of fused-ring (bicyclic) bond motifs is 1. The van der Waals surface area contributed by atoms with Crippen LogP contribution in [0.2, 0.25) is 0 Å². The van der Waals surface area contributed by atoms with Crippen molar-refractivity contribution in [1.82, 2.24) is 10.2 Å². The lowest BCUT2D eigenvalue weighted by molar-refractivity contribution is -0.138.